The Labute approximate surface area is 119 Å². The molecule has 0 amide bonds. The molecular weight excluding hydrogens is 244 g/mol. The van der Waals surface area contributed by atoms with Gasteiger partial charge in [-0.1, -0.05) is 48.0 Å². The zero-order valence-electron chi connectivity index (χ0n) is 11.9. The Hall–Kier alpha value is -2.35. The third-order valence-electron chi connectivity index (χ3n) is 3.36. The molecule has 20 heavy (non-hydrogen) atoms. The second-order valence-electron chi connectivity index (χ2n) is 5.34. The van der Waals surface area contributed by atoms with E-state index >= 15 is 0 Å². The van der Waals surface area contributed by atoms with Crippen molar-refractivity contribution in [3.8, 4) is 11.4 Å². The number of aromatic nitrogens is 2. The van der Waals surface area contributed by atoms with E-state index in [4.69, 9.17) is 4.98 Å². The molecule has 0 fully saturated rings. The fourth-order valence-corrected chi connectivity index (χ4v) is 2.51. The monoisotopic (exact) mass is 262 g/mol. The standard InChI is InChI=1S/C18H18N2/c1-13(2)12-20-17-10-5-4-9-16(17)19-18(20)15-8-6-7-14(3)11-15/h4-11H,1,12H2,2-3H3. The van der Waals surface area contributed by atoms with Crippen molar-refractivity contribution in [1.29, 1.82) is 0 Å². The van der Waals surface area contributed by atoms with E-state index in [1.807, 2.05) is 6.07 Å². The molecule has 1 aromatic heterocycles. The Morgan fingerprint density at radius 3 is 2.70 bits per heavy atom. The number of aryl methyl sites for hydroxylation is 1. The fraction of sp³-hybridized carbons (Fsp3) is 0.167. The lowest BCUT2D eigenvalue weighted by Crippen LogP contribution is -2.01. The lowest BCUT2D eigenvalue weighted by atomic mass is 10.1. The number of allylic oxidation sites excluding steroid dienone is 1. The summed E-state index contributed by atoms with van der Waals surface area (Å²) in [5.74, 6) is 1.01. The molecule has 0 N–H and O–H groups in total. The van der Waals surface area contributed by atoms with Gasteiger partial charge in [0.1, 0.15) is 5.82 Å². The van der Waals surface area contributed by atoms with Gasteiger partial charge in [-0.05, 0) is 32.0 Å². The minimum atomic E-state index is 0.795. The van der Waals surface area contributed by atoms with E-state index in [-0.39, 0.29) is 0 Å². The van der Waals surface area contributed by atoms with Gasteiger partial charge in [-0.25, -0.2) is 4.98 Å². The Bertz CT molecular complexity index is 781. The first-order valence-corrected chi connectivity index (χ1v) is 6.82. The van der Waals surface area contributed by atoms with Gasteiger partial charge in [-0.3, -0.25) is 0 Å². The predicted octanol–water partition coefficient (Wildman–Crippen LogP) is 4.59. The van der Waals surface area contributed by atoms with E-state index in [1.165, 1.54) is 5.56 Å². The van der Waals surface area contributed by atoms with Gasteiger partial charge in [0.25, 0.3) is 0 Å². The average molecular weight is 262 g/mol. The van der Waals surface area contributed by atoms with Crippen LogP contribution in [0.5, 0.6) is 0 Å². The Morgan fingerprint density at radius 2 is 1.95 bits per heavy atom. The highest BCUT2D eigenvalue weighted by Crippen LogP contribution is 2.26. The van der Waals surface area contributed by atoms with Crippen LogP contribution < -0.4 is 0 Å². The summed E-state index contributed by atoms with van der Waals surface area (Å²) in [4.78, 5) is 4.80. The van der Waals surface area contributed by atoms with Crippen LogP contribution in [-0.2, 0) is 6.54 Å². The van der Waals surface area contributed by atoms with Gasteiger partial charge in [-0.2, -0.15) is 0 Å². The number of hydrogen-bond donors (Lipinski definition) is 0. The molecule has 0 saturated carbocycles. The molecular formula is C18H18N2. The summed E-state index contributed by atoms with van der Waals surface area (Å²) in [5.41, 5.74) is 5.72. The van der Waals surface area contributed by atoms with Gasteiger partial charge >= 0.3 is 0 Å². The van der Waals surface area contributed by atoms with Crippen LogP contribution in [0, 0.1) is 6.92 Å². The SMILES string of the molecule is C=C(C)Cn1c(-c2cccc(C)c2)nc2ccccc21. The molecule has 0 radical (unpaired) electrons. The van der Waals surface area contributed by atoms with Crippen molar-refractivity contribution in [3.63, 3.8) is 0 Å². The summed E-state index contributed by atoms with van der Waals surface area (Å²) < 4.78 is 2.24. The highest BCUT2D eigenvalue weighted by Gasteiger charge is 2.12. The lowest BCUT2D eigenvalue weighted by molar-refractivity contribution is 0.820. The first kappa shape index (κ1) is 12.7. The molecule has 100 valence electrons. The van der Waals surface area contributed by atoms with Crippen molar-refractivity contribution in [3.05, 3.63) is 66.2 Å². The minimum absolute atomic E-state index is 0.795. The smallest absolute Gasteiger partial charge is 0.141 e. The summed E-state index contributed by atoms with van der Waals surface area (Å²) in [6.45, 7) is 8.99. The van der Waals surface area contributed by atoms with Crippen molar-refractivity contribution >= 4 is 11.0 Å². The van der Waals surface area contributed by atoms with E-state index in [0.717, 1.165) is 34.5 Å². The molecule has 2 nitrogen and oxygen atoms in total. The van der Waals surface area contributed by atoms with Crippen molar-refractivity contribution < 1.29 is 0 Å². The van der Waals surface area contributed by atoms with Gasteiger partial charge in [0.15, 0.2) is 0 Å². The van der Waals surface area contributed by atoms with Crippen molar-refractivity contribution in [2.45, 2.75) is 20.4 Å². The molecule has 0 saturated heterocycles. The molecule has 2 aromatic carbocycles. The van der Waals surface area contributed by atoms with E-state index < -0.39 is 0 Å². The average Bonchev–Trinajstić information content (AvgIpc) is 2.77. The number of hydrogen-bond acceptors (Lipinski definition) is 1. The van der Waals surface area contributed by atoms with Gasteiger partial charge in [0, 0.05) is 12.1 Å². The topological polar surface area (TPSA) is 17.8 Å². The molecule has 0 aliphatic heterocycles. The molecule has 1 heterocycles. The minimum Gasteiger partial charge on any atom is -0.320 e. The van der Waals surface area contributed by atoms with Crippen molar-refractivity contribution in [1.82, 2.24) is 9.55 Å². The van der Waals surface area contributed by atoms with Gasteiger partial charge in [-0.15, -0.1) is 0 Å². The van der Waals surface area contributed by atoms with Crippen LogP contribution in [0.2, 0.25) is 0 Å². The Kier molecular flexibility index (Phi) is 3.15. The van der Waals surface area contributed by atoms with Crippen molar-refractivity contribution in [2.75, 3.05) is 0 Å². The van der Waals surface area contributed by atoms with Crippen LogP contribution in [0.25, 0.3) is 22.4 Å². The van der Waals surface area contributed by atoms with Crippen LogP contribution in [-0.4, -0.2) is 9.55 Å². The number of benzene rings is 2. The van der Waals surface area contributed by atoms with E-state index in [0.29, 0.717) is 0 Å². The molecule has 0 spiro atoms. The van der Waals surface area contributed by atoms with Gasteiger partial charge < -0.3 is 4.57 Å². The molecule has 0 bridgehead atoms. The van der Waals surface area contributed by atoms with Crippen LogP contribution >= 0.6 is 0 Å². The predicted molar refractivity (Wildman–Crippen MR) is 84.7 cm³/mol. The van der Waals surface area contributed by atoms with E-state index in [9.17, 15) is 0 Å². The van der Waals surface area contributed by atoms with E-state index in [2.05, 4.69) is 67.5 Å². The third-order valence-corrected chi connectivity index (χ3v) is 3.36. The maximum Gasteiger partial charge on any atom is 0.141 e. The van der Waals surface area contributed by atoms with Crippen molar-refractivity contribution in [2.24, 2.45) is 0 Å². The normalized spacial score (nSPS) is 10.9. The molecule has 3 rings (SSSR count). The summed E-state index contributed by atoms with van der Waals surface area (Å²) in [6, 6.07) is 16.7. The van der Waals surface area contributed by atoms with Crippen LogP contribution in [0.4, 0.5) is 0 Å². The Balaban J connectivity index is 2.26. The second kappa shape index (κ2) is 4.97. The highest BCUT2D eigenvalue weighted by atomic mass is 15.1. The van der Waals surface area contributed by atoms with E-state index in [1.54, 1.807) is 0 Å². The van der Waals surface area contributed by atoms with Crippen LogP contribution in [0.3, 0.4) is 0 Å². The number of para-hydroxylation sites is 2. The summed E-state index contributed by atoms with van der Waals surface area (Å²) >= 11 is 0. The largest absolute Gasteiger partial charge is 0.320 e. The fourth-order valence-electron chi connectivity index (χ4n) is 2.51. The van der Waals surface area contributed by atoms with Gasteiger partial charge in [0.05, 0.1) is 11.0 Å². The number of imidazole rings is 1. The molecule has 0 aliphatic rings. The number of rotatable bonds is 3. The second-order valence-corrected chi connectivity index (χ2v) is 5.34. The Morgan fingerprint density at radius 1 is 1.15 bits per heavy atom. The van der Waals surface area contributed by atoms with Crippen LogP contribution in [0.15, 0.2) is 60.7 Å². The van der Waals surface area contributed by atoms with Gasteiger partial charge in [0.2, 0.25) is 0 Å². The summed E-state index contributed by atoms with van der Waals surface area (Å²) in [6.07, 6.45) is 0. The maximum absolute atomic E-state index is 4.80. The zero-order chi connectivity index (χ0) is 14.1. The molecule has 0 aliphatic carbocycles. The summed E-state index contributed by atoms with van der Waals surface area (Å²) in [7, 11) is 0. The number of nitrogens with zero attached hydrogens (tertiary/aromatic N) is 2. The molecule has 0 unspecified atom stereocenters. The lowest BCUT2D eigenvalue weighted by Gasteiger charge is -2.09. The number of fused-ring (bicyclic) bond motifs is 1. The molecule has 3 aromatic rings. The first-order chi connectivity index (χ1) is 9.65. The summed E-state index contributed by atoms with van der Waals surface area (Å²) in [5, 5.41) is 0. The molecule has 0 atom stereocenters. The zero-order valence-corrected chi connectivity index (χ0v) is 11.9. The molecule has 2 heteroatoms. The van der Waals surface area contributed by atoms with Crippen LogP contribution in [0.1, 0.15) is 12.5 Å². The first-order valence-electron chi connectivity index (χ1n) is 6.82. The quantitative estimate of drug-likeness (QED) is 0.631. The highest BCUT2D eigenvalue weighted by molar-refractivity contribution is 5.80. The maximum atomic E-state index is 4.80. The third kappa shape index (κ3) is 2.25.